The molecule has 1 atom stereocenters. The molecular weight excluding hydrogens is 418 g/mol. The van der Waals surface area contributed by atoms with Gasteiger partial charge in [-0.2, -0.15) is 0 Å². The Labute approximate surface area is 174 Å². The maximum atomic E-state index is 12.5. The molecule has 2 aromatic rings. The number of rotatable bonds is 7. The van der Waals surface area contributed by atoms with Crippen molar-refractivity contribution in [3.8, 4) is 5.75 Å². The molecule has 29 heavy (non-hydrogen) atoms. The Kier molecular flexibility index (Phi) is 6.33. The van der Waals surface area contributed by atoms with Gasteiger partial charge >= 0.3 is 5.97 Å². The normalized spacial score (nSPS) is 17.8. The van der Waals surface area contributed by atoms with Crippen LogP contribution in [0.4, 0.5) is 0 Å². The second kappa shape index (κ2) is 8.59. The first-order chi connectivity index (χ1) is 13.7. The van der Waals surface area contributed by atoms with Gasteiger partial charge in [0.25, 0.3) is 0 Å². The molecule has 0 aliphatic carbocycles. The number of ketones is 1. The summed E-state index contributed by atoms with van der Waals surface area (Å²) in [6, 6.07) is 8.13. The van der Waals surface area contributed by atoms with E-state index in [-0.39, 0.29) is 29.9 Å². The summed E-state index contributed by atoms with van der Waals surface area (Å²) in [5.74, 6) is -0.360. The van der Waals surface area contributed by atoms with Gasteiger partial charge in [-0.15, -0.1) is 0 Å². The summed E-state index contributed by atoms with van der Waals surface area (Å²) in [5, 5.41) is 0.483. The highest BCUT2D eigenvalue weighted by molar-refractivity contribution is 7.91. The minimum Gasteiger partial charge on any atom is -0.482 e. The van der Waals surface area contributed by atoms with Crippen LogP contribution in [0, 0.1) is 13.8 Å². The van der Waals surface area contributed by atoms with E-state index in [0.29, 0.717) is 28.5 Å². The Balaban J connectivity index is 1.58. The first kappa shape index (κ1) is 21.4. The second-order valence-electron chi connectivity index (χ2n) is 7.04. The van der Waals surface area contributed by atoms with E-state index in [4.69, 9.17) is 21.1 Å². The summed E-state index contributed by atoms with van der Waals surface area (Å²) in [6.07, 6.45) is 0.530. The van der Waals surface area contributed by atoms with E-state index < -0.39 is 22.4 Å². The number of carbonyl (C=O) groups is 2. The minimum absolute atomic E-state index is 0.0762. The third-order valence-electron chi connectivity index (χ3n) is 4.88. The standard InChI is InChI=1S/C20H22ClNO6S/c1-13-8-18(14(2)22(13)16-6-7-29(25,26)12-16)19(23)10-28-20(24)11-27-17-5-3-4-15(21)9-17/h3-5,8-9,16H,6-7,10-12H2,1-2H3. The zero-order chi connectivity index (χ0) is 21.2. The molecule has 1 aliphatic heterocycles. The van der Waals surface area contributed by atoms with Crippen LogP contribution < -0.4 is 4.74 Å². The number of aryl methyl sites for hydroxylation is 1. The largest absolute Gasteiger partial charge is 0.482 e. The Morgan fingerprint density at radius 3 is 2.62 bits per heavy atom. The lowest BCUT2D eigenvalue weighted by atomic mass is 10.1. The van der Waals surface area contributed by atoms with Crippen LogP contribution in [0.25, 0.3) is 0 Å². The van der Waals surface area contributed by atoms with Gasteiger partial charge in [0, 0.05) is 28.0 Å². The molecule has 156 valence electrons. The molecule has 1 fully saturated rings. The van der Waals surface area contributed by atoms with Gasteiger partial charge in [-0.1, -0.05) is 17.7 Å². The lowest BCUT2D eigenvalue weighted by Crippen LogP contribution is -2.20. The van der Waals surface area contributed by atoms with Crippen LogP contribution in [0.2, 0.25) is 5.02 Å². The fourth-order valence-electron chi connectivity index (χ4n) is 3.56. The number of benzene rings is 1. The molecule has 0 bridgehead atoms. The smallest absolute Gasteiger partial charge is 0.344 e. The van der Waals surface area contributed by atoms with Gasteiger partial charge in [-0.25, -0.2) is 13.2 Å². The predicted octanol–water partition coefficient (Wildman–Crippen LogP) is 2.92. The van der Waals surface area contributed by atoms with E-state index in [1.54, 1.807) is 37.3 Å². The lowest BCUT2D eigenvalue weighted by molar-refractivity contribution is -0.144. The summed E-state index contributed by atoms with van der Waals surface area (Å²) in [6.45, 7) is 2.85. The maximum absolute atomic E-state index is 12.5. The van der Waals surface area contributed by atoms with E-state index in [0.717, 1.165) is 5.69 Å². The van der Waals surface area contributed by atoms with E-state index in [1.165, 1.54) is 0 Å². The topological polar surface area (TPSA) is 91.7 Å². The number of esters is 1. The maximum Gasteiger partial charge on any atom is 0.344 e. The van der Waals surface area contributed by atoms with Crippen LogP contribution >= 0.6 is 11.6 Å². The van der Waals surface area contributed by atoms with Crippen molar-refractivity contribution >= 4 is 33.2 Å². The molecule has 0 spiro atoms. The number of ether oxygens (including phenoxy) is 2. The van der Waals surface area contributed by atoms with Crippen molar-refractivity contribution in [3.63, 3.8) is 0 Å². The van der Waals surface area contributed by atoms with Crippen molar-refractivity contribution in [2.45, 2.75) is 26.3 Å². The van der Waals surface area contributed by atoms with Crippen molar-refractivity contribution in [3.05, 3.63) is 52.3 Å². The monoisotopic (exact) mass is 439 g/mol. The zero-order valence-corrected chi connectivity index (χ0v) is 17.8. The van der Waals surface area contributed by atoms with Crippen LogP contribution in [0.3, 0.4) is 0 Å². The highest BCUT2D eigenvalue weighted by atomic mass is 35.5. The van der Waals surface area contributed by atoms with E-state index in [2.05, 4.69) is 0 Å². The van der Waals surface area contributed by atoms with Crippen LogP contribution in [0.1, 0.15) is 34.2 Å². The lowest BCUT2D eigenvalue weighted by Gasteiger charge is -2.16. The third kappa shape index (κ3) is 5.19. The molecule has 1 aliphatic rings. The number of nitrogens with zero attached hydrogens (tertiary/aromatic N) is 1. The minimum atomic E-state index is -3.04. The van der Waals surface area contributed by atoms with Crippen molar-refractivity contribution < 1.29 is 27.5 Å². The zero-order valence-electron chi connectivity index (χ0n) is 16.2. The van der Waals surface area contributed by atoms with Crippen molar-refractivity contribution in [1.82, 2.24) is 4.57 Å². The fraction of sp³-hybridized carbons (Fsp3) is 0.400. The number of hydrogen-bond acceptors (Lipinski definition) is 6. The average molecular weight is 440 g/mol. The van der Waals surface area contributed by atoms with E-state index in [1.807, 2.05) is 11.5 Å². The molecule has 1 aromatic heterocycles. The number of sulfone groups is 1. The summed E-state index contributed by atoms with van der Waals surface area (Å²) < 4.78 is 35.8. The molecule has 0 N–H and O–H groups in total. The molecule has 2 heterocycles. The second-order valence-corrected chi connectivity index (χ2v) is 9.71. The Bertz CT molecular complexity index is 1040. The fourth-order valence-corrected chi connectivity index (χ4v) is 5.44. The average Bonchev–Trinajstić information content (AvgIpc) is 3.16. The molecule has 1 aromatic carbocycles. The summed E-state index contributed by atoms with van der Waals surface area (Å²) in [5.41, 5.74) is 1.92. The molecule has 0 radical (unpaired) electrons. The third-order valence-corrected chi connectivity index (χ3v) is 6.86. The Morgan fingerprint density at radius 1 is 1.21 bits per heavy atom. The van der Waals surface area contributed by atoms with Gasteiger partial charge in [-0.05, 0) is 44.5 Å². The number of aromatic nitrogens is 1. The number of halogens is 1. The highest BCUT2D eigenvalue weighted by Gasteiger charge is 2.31. The molecule has 1 saturated heterocycles. The molecule has 0 saturated carbocycles. The van der Waals surface area contributed by atoms with E-state index >= 15 is 0 Å². The molecule has 7 nitrogen and oxygen atoms in total. The van der Waals surface area contributed by atoms with Crippen LogP contribution in [0.5, 0.6) is 5.75 Å². The van der Waals surface area contributed by atoms with Gasteiger partial charge < -0.3 is 14.0 Å². The van der Waals surface area contributed by atoms with E-state index in [9.17, 15) is 18.0 Å². The number of hydrogen-bond donors (Lipinski definition) is 0. The van der Waals surface area contributed by atoms with Crippen LogP contribution in [0.15, 0.2) is 30.3 Å². The summed E-state index contributed by atoms with van der Waals surface area (Å²) in [7, 11) is -3.04. The number of Topliss-reactive ketones (excluding diaryl/α,β-unsaturated/α-hetero) is 1. The van der Waals surface area contributed by atoms with Crippen LogP contribution in [-0.4, -0.2) is 49.5 Å². The molecule has 1 unspecified atom stereocenters. The molecule has 0 amide bonds. The van der Waals surface area contributed by atoms with Gasteiger partial charge in [0.15, 0.2) is 23.1 Å². The van der Waals surface area contributed by atoms with Gasteiger partial charge in [-0.3, -0.25) is 4.79 Å². The highest BCUT2D eigenvalue weighted by Crippen LogP contribution is 2.29. The van der Waals surface area contributed by atoms with Gasteiger partial charge in [0.05, 0.1) is 11.5 Å². The summed E-state index contributed by atoms with van der Waals surface area (Å²) >= 11 is 5.85. The molecular formula is C20H22ClNO6S. The molecule has 9 heteroatoms. The van der Waals surface area contributed by atoms with Crippen molar-refractivity contribution in [1.29, 1.82) is 0 Å². The van der Waals surface area contributed by atoms with Crippen LogP contribution in [-0.2, 0) is 19.4 Å². The predicted molar refractivity (Wildman–Crippen MR) is 108 cm³/mol. The first-order valence-electron chi connectivity index (χ1n) is 9.12. The molecule has 3 rings (SSSR count). The number of carbonyl (C=O) groups excluding carboxylic acids is 2. The van der Waals surface area contributed by atoms with Crippen molar-refractivity contribution in [2.75, 3.05) is 24.7 Å². The summed E-state index contributed by atoms with van der Waals surface area (Å²) in [4.78, 5) is 24.4. The van der Waals surface area contributed by atoms with Crippen molar-refractivity contribution in [2.24, 2.45) is 0 Å². The SMILES string of the molecule is Cc1cc(C(=O)COC(=O)COc2cccc(Cl)c2)c(C)n1C1CCS(=O)(=O)C1. The Hall–Kier alpha value is -2.32. The first-order valence-corrected chi connectivity index (χ1v) is 11.3. The van der Waals surface area contributed by atoms with Gasteiger partial charge in [0.2, 0.25) is 5.78 Å². The van der Waals surface area contributed by atoms with Gasteiger partial charge in [0.1, 0.15) is 5.75 Å². The Morgan fingerprint density at radius 2 is 1.97 bits per heavy atom. The quantitative estimate of drug-likeness (QED) is 0.486.